The maximum absolute atomic E-state index is 5.26. The van der Waals surface area contributed by atoms with Crippen LogP contribution in [0.3, 0.4) is 0 Å². The van der Waals surface area contributed by atoms with E-state index in [0.717, 1.165) is 32.1 Å². The molecule has 0 aliphatic rings. The van der Waals surface area contributed by atoms with Crippen LogP contribution in [0.25, 0.3) is 0 Å². The molecule has 0 aromatic carbocycles. The van der Waals surface area contributed by atoms with Gasteiger partial charge < -0.3 is 10.1 Å². The van der Waals surface area contributed by atoms with Gasteiger partial charge in [-0.3, -0.25) is 0 Å². The number of aromatic nitrogens is 3. The lowest BCUT2D eigenvalue weighted by Crippen LogP contribution is -2.18. The Morgan fingerprint density at radius 2 is 2.36 bits per heavy atom. The van der Waals surface area contributed by atoms with Gasteiger partial charge in [0.15, 0.2) is 0 Å². The highest BCUT2D eigenvalue weighted by Gasteiger charge is 2.02. The van der Waals surface area contributed by atoms with Gasteiger partial charge in [0.25, 0.3) is 0 Å². The highest BCUT2D eigenvalue weighted by atomic mass is 16.5. The zero-order chi connectivity index (χ0) is 10.2. The molecule has 0 aliphatic heterocycles. The third kappa shape index (κ3) is 3.43. The molecule has 0 atom stereocenters. The Bertz CT molecular complexity index is 249. The quantitative estimate of drug-likeness (QED) is 0.645. The van der Waals surface area contributed by atoms with Gasteiger partial charge in [0.1, 0.15) is 12.2 Å². The van der Waals surface area contributed by atoms with Crippen molar-refractivity contribution in [2.45, 2.75) is 26.9 Å². The summed E-state index contributed by atoms with van der Waals surface area (Å²) in [5.74, 6) is 0.964. The molecule has 0 unspecified atom stereocenters. The Morgan fingerprint density at radius 3 is 3.07 bits per heavy atom. The molecule has 5 heteroatoms. The number of ether oxygens (including phenoxy) is 1. The van der Waals surface area contributed by atoms with E-state index in [1.165, 1.54) is 0 Å². The summed E-state index contributed by atoms with van der Waals surface area (Å²) >= 11 is 0. The summed E-state index contributed by atoms with van der Waals surface area (Å²) in [6, 6.07) is 0. The van der Waals surface area contributed by atoms with E-state index in [-0.39, 0.29) is 0 Å². The Morgan fingerprint density at radius 1 is 1.50 bits per heavy atom. The second-order valence-corrected chi connectivity index (χ2v) is 2.88. The molecule has 0 spiro atoms. The van der Waals surface area contributed by atoms with Gasteiger partial charge in [-0.1, -0.05) is 6.92 Å². The average Bonchev–Trinajstić information content (AvgIpc) is 2.63. The predicted octanol–water partition coefficient (Wildman–Crippen LogP) is 0.424. The Hall–Kier alpha value is -0.940. The molecule has 1 rings (SSSR count). The first-order valence-electron chi connectivity index (χ1n) is 5.03. The molecule has 0 fully saturated rings. The molecule has 14 heavy (non-hydrogen) atoms. The van der Waals surface area contributed by atoms with Crippen LogP contribution in [0.4, 0.5) is 0 Å². The minimum atomic E-state index is 0.693. The van der Waals surface area contributed by atoms with Crippen LogP contribution in [0.2, 0.25) is 0 Å². The largest absolute Gasteiger partial charge is 0.380 e. The lowest BCUT2D eigenvalue weighted by molar-refractivity contribution is 0.135. The molecule has 1 aromatic heterocycles. The number of rotatable bonds is 7. The van der Waals surface area contributed by atoms with E-state index in [0.29, 0.717) is 6.61 Å². The molecule has 0 radical (unpaired) electrons. The van der Waals surface area contributed by atoms with Gasteiger partial charge in [-0.15, -0.1) is 0 Å². The zero-order valence-electron chi connectivity index (χ0n) is 8.86. The SMILES string of the molecule is CCNCc1ncnn1CCOCC. The zero-order valence-corrected chi connectivity index (χ0v) is 8.86. The van der Waals surface area contributed by atoms with Gasteiger partial charge >= 0.3 is 0 Å². The van der Waals surface area contributed by atoms with Crippen LogP contribution in [0, 0.1) is 0 Å². The molecular formula is C9H18N4O. The molecule has 5 nitrogen and oxygen atoms in total. The van der Waals surface area contributed by atoms with E-state index in [9.17, 15) is 0 Å². The first-order chi connectivity index (χ1) is 6.88. The van der Waals surface area contributed by atoms with Crippen LogP contribution in [0.5, 0.6) is 0 Å². The van der Waals surface area contributed by atoms with Gasteiger partial charge in [-0.25, -0.2) is 9.67 Å². The minimum Gasteiger partial charge on any atom is -0.380 e. The van der Waals surface area contributed by atoms with E-state index >= 15 is 0 Å². The van der Waals surface area contributed by atoms with Crippen molar-refractivity contribution in [2.24, 2.45) is 0 Å². The van der Waals surface area contributed by atoms with E-state index in [4.69, 9.17) is 4.74 Å². The number of nitrogens with one attached hydrogen (secondary N) is 1. The van der Waals surface area contributed by atoms with Crippen LogP contribution < -0.4 is 5.32 Å². The van der Waals surface area contributed by atoms with Crippen LogP contribution in [0.1, 0.15) is 19.7 Å². The minimum absolute atomic E-state index is 0.693. The Kier molecular flexibility index (Phi) is 5.17. The summed E-state index contributed by atoms with van der Waals surface area (Å²) in [5.41, 5.74) is 0. The normalized spacial score (nSPS) is 10.7. The predicted molar refractivity (Wildman–Crippen MR) is 53.9 cm³/mol. The first kappa shape index (κ1) is 11.1. The Labute approximate surface area is 84.5 Å². The molecule has 0 bridgehead atoms. The van der Waals surface area contributed by atoms with E-state index in [1.807, 2.05) is 11.6 Å². The number of nitrogens with zero attached hydrogens (tertiary/aromatic N) is 3. The summed E-state index contributed by atoms with van der Waals surface area (Å²) in [6.45, 7) is 7.98. The molecular weight excluding hydrogens is 180 g/mol. The fraction of sp³-hybridized carbons (Fsp3) is 0.778. The monoisotopic (exact) mass is 198 g/mol. The lowest BCUT2D eigenvalue weighted by atomic mass is 10.5. The van der Waals surface area contributed by atoms with Gasteiger partial charge in [0.2, 0.25) is 0 Å². The topological polar surface area (TPSA) is 52.0 Å². The molecule has 0 amide bonds. The first-order valence-corrected chi connectivity index (χ1v) is 5.03. The van der Waals surface area contributed by atoms with E-state index < -0.39 is 0 Å². The fourth-order valence-corrected chi connectivity index (χ4v) is 1.14. The van der Waals surface area contributed by atoms with Crippen molar-refractivity contribution in [1.82, 2.24) is 20.1 Å². The number of hydrogen-bond acceptors (Lipinski definition) is 4. The molecule has 1 N–H and O–H groups in total. The summed E-state index contributed by atoms with van der Waals surface area (Å²) in [4.78, 5) is 4.17. The molecule has 0 saturated heterocycles. The van der Waals surface area contributed by atoms with Crippen molar-refractivity contribution in [2.75, 3.05) is 19.8 Å². The summed E-state index contributed by atoms with van der Waals surface area (Å²) < 4.78 is 7.13. The van der Waals surface area contributed by atoms with Crippen LogP contribution in [-0.2, 0) is 17.8 Å². The van der Waals surface area contributed by atoms with Crippen LogP contribution >= 0.6 is 0 Å². The van der Waals surface area contributed by atoms with Crippen molar-refractivity contribution < 1.29 is 4.74 Å². The van der Waals surface area contributed by atoms with Gasteiger partial charge in [0, 0.05) is 6.61 Å². The maximum Gasteiger partial charge on any atom is 0.140 e. The van der Waals surface area contributed by atoms with E-state index in [2.05, 4.69) is 22.3 Å². The second kappa shape index (κ2) is 6.50. The molecule has 1 aromatic rings. The van der Waals surface area contributed by atoms with Gasteiger partial charge in [-0.05, 0) is 13.5 Å². The van der Waals surface area contributed by atoms with Crippen molar-refractivity contribution in [3.8, 4) is 0 Å². The lowest BCUT2D eigenvalue weighted by Gasteiger charge is -2.05. The summed E-state index contributed by atoms with van der Waals surface area (Å²) in [6.07, 6.45) is 1.58. The highest BCUT2D eigenvalue weighted by Crippen LogP contribution is 1.93. The average molecular weight is 198 g/mol. The second-order valence-electron chi connectivity index (χ2n) is 2.88. The third-order valence-electron chi connectivity index (χ3n) is 1.88. The molecule has 1 heterocycles. The van der Waals surface area contributed by atoms with Crippen molar-refractivity contribution in [1.29, 1.82) is 0 Å². The molecule has 0 aliphatic carbocycles. The molecule has 80 valence electrons. The summed E-state index contributed by atoms with van der Waals surface area (Å²) in [7, 11) is 0. The van der Waals surface area contributed by atoms with Crippen molar-refractivity contribution >= 4 is 0 Å². The standard InChI is InChI=1S/C9H18N4O/c1-3-10-7-9-11-8-12-13(9)5-6-14-4-2/h8,10H,3-7H2,1-2H3. The maximum atomic E-state index is 5.26. The van der Waals surface area contributed by atoms with Crippen LogP contribution in [0.15, 0.2) is 6.33 Å². The third-order valence-corrected chi connectivity index (χ3v) is 1.88. The molecule has 0 saturated carbocycles. The summed E-state index contributed by atoms with van der Waals surface area (Å²) in [5, 5.41) is 7.34. The van der Waals surface area contributed by atoms with Crippen molar-refractivity contribution in [3.05, 3.63) is 12.2 Å². The Balaban J connectivity index is 2.37. The number of hydrogen-bond donors (Lipinski definition) is 1. The van der Waals surface area contributed by atoms with Gasteiger partial charge in [-0.2, -0.15) is 5.10 Å². The fourth-order valence-electron chi connectivity index (χ4n) is 1.14. The van der Waals surface area contributed by atoms with Crippen LogP contribution in [-0.4, -0.2) is 34.5 Å². The smallest absolute Gasteiger partial charge is 0.140 e. The highest BCUT2D eigenvalue weighted by molar-refractivity contribution is 4.83. The van der Waals surface area contributed by atoms with E-state index in [1.54, 1.807) is 6.33 Å². The van der Waals surface area contributed by atoms with Crippen molar-refractivity contribution in [3.63, 3.8) is 0 Å². The van der Waals surface area contributed by atoms with Gasteiger partial charge in [0.05, 0.1) is 19.7 Å².